The zero-order chi connectivity index (χ0) is 14.1. The minimum Gasteiger partial charge on any atom is -0.396 e. The maximum Gasteiger partial charge on any atom is 0.145 e. The van der Waals surface area contributed by atoms with Gasteiger partial charge in [0.05, 0.1) is 0 Å². The number of hydrazine groups is 1. The molecule has 6 nitrogen and oxygen atoms in total. The van der Waals surface area contributed by atoms with Crippen molar-refractivity contribution in [1.82, 2.24) is 9.97 Å². The van der Waals surface area contributed by atoms with E-state index in [0.29, 0.717) is 5.82 Å². The lowest BCUT2D eigenvalue weighted by molar-refractivity contribution is 0.283. The van der Waals surface area contributed by atoms with E-state index in [4.69, 9.17) is 10.9 Å². The molecule has 0 aliphatic rings. The van der Waals surface area contributed by atoms with Crippen LogP contribution in [0.5, 0.6) is 0 Å². The highest BCUT2D eigenvalue weighted by Crippen LogP contribution is 2.16. The largest absolute Gasteiger partial charge is 0.396 e. The van der Waals surface area contributed by atoms with Crippen LogP contribution < -0.4 is 16.6 Å². The van der Waals surface area contributed by atoms with Crippen molar-refractivity contribution < 1.29 is 5.11 Å². The number of nitrogens with zero attached hydrogens (tertiary/aromatic N) is 2. The molecule has 0 aromatic carbocycles. The molecule has 0 fully saturated rings. The number of unbranched alkanes of at least 4 members (excludes halogenated alkanes) is 3. The molecule has 0 aliphatic heterocycles. The van der Waals surface area contributed by atoms with Gasteiger partial charge < -0.3 is 15.8 Å². The highest BCUT2D eigenvalue weighted by Gasteiger charge is 2.07. The molecule has 1 heterocycles. The third-order valence-corrected chi connectivity index (χ3v) is 2.80. The van der Waals surface area contributed by atoms with Crippen molar-refractivity contribution in [3.05, 3.63) is 11.9 Å². The SMILES string of the molecule is CC(C)c1nc(NN)cc(NCCCCCCO)n1. The van der Waals surface area contributed by atoms with Crippen LogP contribution in [0.2, 0.25) is 0 Å². The lowest BCUT2D eigenvalue weighted by Gasteiger charge is -2.11. The van der Waals surface area contributed by atoms with Crippen molar-refractivity contribution >= 4 is 11.6 Å². The monoisotopic (exact) mass is 267 g/mol. The molecule has 0 aliphatic carbocycles. The van der Waals surface area contributed by atoms with Crippen molar-refractivity contribution in [3.63, 3.8) is 0 Å². The predicted molar refractivity (Wildman–Crippen MR) is 78.0 cm³/mol. The van der Waals surface area contributed by atoms with E-state index in [1.54, 1.807) is 6.07 Å². The Balaban J connectivity index is 2.46. The summed E-state index contributed by atoms with van der Waals surface area (Å²) in [4.78, 5) is 8.76. The van der Waals surface area contributed by atoms with E-state index < -0.39 is 0 Å². The number of anilines is 2. The Kier molecular flexibility index (Phi) is 7.14. The molecule has 0 amide bonds. The van der Waals surface area contributed by atoms with Gasteiger partial charge in [-0.3, -0.25) is 0 Å². The minimum absolute atomic E-state index is 0.262. The van der Waals surface area contributed by atoms with Crippen LogP contribution in [0.15, 0.2) is 6.07 Å². The number of aromatic nitrogens is 2. The van der Waals surface area contributed by atoms with Crippen LogP contribution in [0, 0.1) is 0 Å². The number of nitrogens with one attached hydrogen (secondary N) is 2. The van der Waals surface area contributed by atoms with Crippen molar-refractivity contribution in [2.45, 2.75) is 45.4 Å². The van der Waals surface area contributed by atoms with E-state index in [1.165, 1.54) is 0 Å². The zero-order valence-electron chi connectivity index (χ0n) is 11.8. The fraction of sp³-hybridized carbons (Fsp3) is 0.692. The molecule has 5 N–H and O–H groups in total. The average Bonchev–Trinajstić information content (AvgIpc) is 2.42. The maximum atomic E-state index is 8.69. The van der Waals surface area contributed by atoms with E-state index in [0.717, 1.165) is 43.9 Å². The summed E-state index contributed by atoms with van der Waals surface area (Å²) in [7, 11) is 0. The third-order valence-electron chi connectivity index (χ3n) is 2.80. The molecule has 0 bridgehead atoms. The summed E-state index contributed by atoms with van der Waals surface area (Å²) in [6.45, 7) is 5.25. The second-order valence-electron chi connectivity index (χ2n) is 4.86. The first-order chi connectivity index (χ1) is 9.17. The van der Waals surface area contributed by atoms with Crippen LogP contribution in [0.25, 0.3) is 0 Å². The molecule has 0 saturated heterocycles. The summed E-state index contributed by atoms with van der Waals surface area (Å²) in [5.74, 6) is 7.87. The fourth-order valence-electron chi connectivity index (χ4n) is 1.70. The average molecular weight is 267 g/mol. The second kappa shape index (κ2) is 8.66. The molecule has 0 unspecified atom stereocenters. The maximum absolute atomic E-state index is 8.69. The quantitative estimate of drug-likeness (QED) is 0.310. The van der Waals surface area contributed by atoms with Crippen molar-refractivity contribution in [1.29, 1.82) is 0 Å². The molecule has 0 radical (unpaired) electrons. The Morgan fingerprint density at radius 3 is 2.47 bits per heavy atom. The summed E-state index contributed by atoms with van der Waals surface area (Å²) < 4.78 is 0. The van der Waals surface area contributed by atoms with Gasteiger partial charge in [-0.15, -0.1) is 0 Å². The van der Waals surface area contributed by atoms with Crippen LogP contribution >= 0.6 is 0 Å². The zero-order valence-corrected chi connectivity index (χ0v) is 11.8. The van der Waals surface area contributed by atoms with E-state index in [9.17, 15) is 0 Å². The molecule has 19 heavy (non-hydrogen) atoms. The van der Waals surface area contributed by atoms with Gasteiger partial charge in [0.25, 0.3) is 0 Å². The summed E-state index contributed by atoms with van der Waals surface area (Å²) in [5, 5.41) is 12.0. The predicted octanol–water partition coefficient (Wildman–Crippen LogP) is 1.85. The summed E-state index contributed by atoms with van der Waals surface area (Å²) in [6.07, 6.45) is 4.12. The molecule has 1 rings (SSSR count). The van der Waals surface area contributed by atoms with Gasteiger partial charge in [0.2, 0.25) is 0 Å². The molecule has 1 aromatic rings. The number of rotatable bonds is 9. The van der Waals surface area contributed by atoms with Crippen LogP contribution in [-0.4, -0.2) is 28.2 Å². The first-order valence-electron chi connectivity index (χ1n) is 6.87. The number of nitrogen functional groups attached to an aromatic ring is 1. The summed E-state index contributed by atoms with van der Waals surface area (Å²) in [5.41, 5.74) is 2.56. The summed E-state index contributed by atoms with van der Waals surface area (Å²) >= 11 is 0. The first kappa shape index (κ1) is 15.7. The Hall–Kier alpha value is -1.40. The van der Waals surface area contributed by atoms with Crippen molar-refractivity contribution in [2.75, 3.05) is 23.9 Å². The standard InChI is InChI=1S/C13H25N5O/c1-10(2)13-16-11(9-12(17-13)18-14)15-7-5-3-4-6-8-19/h9-10,19H,3-8,14H2,1-2H3,(H2,15,16,17,18). The van der Waals surface area contributed by atoms with Crippen LogP contribution in [0.1, 0.15) is 51.3 Å². The molecule has 6 heteroatoms. The molecular weight excluding hydrogens is 242 g/mol. The number of hydrogen-bond donors (Lipinski definition) is 4. The lowest BCUT2D eigenvalue weighted by atomic mass is 10.2. The fourth-order valence-corrected chi connectivity index (χ4v) is 1.70. The molecule has 1 aromatic heterocycles. The molecule has 0 atom stereocenters. The topological polar surface area (TPSA) is 96.1 Å². The highest BCUT2D eigenvalue weighted by atomic mass is 16.2. The number of hydrogen-bond acceptors (Lipinski definition) is 6. The van der Waals surface area contributed by atoms with Gasteiger partial charge in [0.1, 0.15) is 17.5 Å². The normalized spacial score (nSPS) is 10.8. The molecular formula is C13H25N5O. The van der Waals surface area contributed by atoms with Gasteiger partial charge in [-0.05, 0) is 12.8 Å². The smallest absolute Gasteiger partial charge is 0.145 e. The molecule has 0 saturated carbocycles. The highest BCUT2D eigenvalue weighted by molar-refractivity contribution is 5.47. The van der Waals surface area contributed by atoms with Gasteiger partial charge in [-0.2, -0.15) is 0 Å². The molecule has 0 spiro atoms. The Morgan fingerprint density at radius 2 is 1.84 bits per heavy atom. The Labute approximate surface area is 114 Å². The van der Waals surface area contributed by atoms with E-state index in [1.807, 2.05) is 13.8 Å². The number of aliphatic hydroxyl groups excluding tert-OH is 1. The summed E-state index contributed by atoms with van der Waals surface area (Å²) in [6, 6.07) is 1.81. The second-order valence-corrected chi connectivity index (χ2v) is 4.86. The van der Waals surface area contributed by atoms with Crippen LogP contribution in [0.4, 0.5) is 11.6 Å². The third kappa shape index (κ3) is 5.85. The van der Waals surface area contributed by atoms with Crippen molar-refractivity contribution in [3.8, 4) is 0 Å². The first-order valence-corrected chi connectivity index (χ1v) is 6.87. The van der Waals surface area contributed by atoms with Gasteiger partial charge in [0, 0.05) is 25.1 Å². The van der Waals surface area contributed by atoms with E-state index in [-0.39, 0.29) is 12.5 Å². The minimum atomic E-state index is 0.262. The van der Waals surface area contributed by atoms with Gasteiger partial charge in [-0.1, -0.05) is 26.7 Å². The Bertz CT molecular complexity index is 370. The van der Waals surface area contributed by atoms with Crippen LogP contribution in [0.3, 0.4) is 0 Å². The van der Waals surface area contributed by atoms with Crippen LogP contribution in [-0.2, 0) is 0 Å². The van der Waals surface area contributed by atoms with Crippen molar-refractivity contribution in [2.24, 2.45) is 5.84 Å². The lowest BCUT2D eigenvalue weighted by Crippen LogP contribution is -2.13. The number of aliphatic hydroxyl groups is 1. The van der Waals surface area contributed by atoms with E-state index >= 15 is 0 Å². The molecule has 108 valence electrons. The van der Waals surface area contributed by atoms with E-state index in [2.05, 4.69) is 20.7 Å². The van der Waals surface area contributed by atoms with Gasteiger partial charge in [0.15, 0.2) is 0 Å². The number of nitrogens with two attached hydrogens (primary N) is 1. The van der Waals surface area contributed by atoms with Gasteiger partial charge in [-0.25, -0.2) is 15.8 Å². The van der Waals surface area contributed by atoms with Gasteiger partial charge >= 0.3 is 0 Å². The Morgan fingerprint density at radius 1 is 1.16 bits per heavy atom.